The van der Waals surface area contributed by atoms with Crippen molar-refractivity contribution in [1.29, 1.82) is 0 Å². The summed E-state index contributed by atoms with van der Waals surface area (Å²) in [5, 5.41) is 14.4. The molecular weight excluding hydrogens is 329 g/mol. The third-order valence-corrected chi connectivity index (χ3v) is 3.73. The maximum atomic E-state index is 12.1. The first-order valence-corrected chi connectivity index (χ1v) is 7.29. The summed E-state index contributed by atoms with van der Waals surface area (Å²) in [6.07, 6.45) is 1.98. The number of hydrogen-bond donors (Lipinski definition) is 1. The van der Waals surface area contributed by atoms with E-state index < -0.39 is 0 Å². The van der Waals surface area contributed by atoms with Gasteiger partial charge < -0.3 is 10.1 Å². The van der Waals surface area contributed by atoms with E-state index in [4.69, 9.17) is 27.9 Å². The van der Waals surface area contributed by atoms with Crippen molar-refractivity contribution in [1.82, 2.24) is 25.5 Å². The standard InChI is InChI=1S/C13H15Cl2N5O2/c1-22-5-4-12(9-2-3-10(14)11(15)6-9)17-13(21)7-20-8-16-18-19-20/h2-3,6,8,12H,4-5,7H2,1H3,(H,17,21). The van der Waals surface area contributed by atoms with Crippen molar-refractivity contribution in [2.75, 3.05) is 13.7 Å². The Bertz CT molecular complexity index is 621. The van der Waals surface area contributed by atoms with Gasteiger partial charge in [0.25, 0.3) is 0 Å². The van der Waals surface area contributed by atoms with Crippen LogP contribution in [0.5, 0.6) is 0 Å². The molecule has 0 saturated carbocycles. The van der Waals surface area contributed by atoms with Crippen LogP contribution in [0, 0.1) is 0 Å². The van der Waals surface area contributed by atoms with Crippen molar-refractivity contribution >= 4 is 29.1 Å². The SMILES string of the molecule is COCCC(NC(=O)Cn1cnnn1)c1ccc(Cl)c(Cl)c1. The van der Waals surface area contributed by atoms with Gasteiger partial charge in [-0.3, -0.25) is 4.79 Å². The van der Waals surface area contributed by atoms with E-state index in [9.17, 15) is 4.79 Å². The molecule has 0 aliphatic heterocycles. The Morgan fingerprint density at radius 1 is 1.41 bits per heavy atom. The van der Waals surface area contributed by atoms with Crippen LogP contribution >= 0.6 is 23.2 Å². The van der Waals surface area contributed by atoms with E-state index >= 15 is 0 Å². The number of amides is 1. The zero-order chi connectivity index (χ0) is 15.9. The number of ether oxygens (including phenoxy) is 1. The minimum atomic E-state index is -0.237. The number of hydrogen-bond acceptors (Lipinski definition) is 5. The second kappa shape index (κ2) is 8.07. The second-order valence-corrected chi connectivity index (χ2v) is 5.40. The zero-order valence-electron chi connectivity index (χ0n) is 11.9. The predicted octanol–water partition coefficient (Wildman–Crippen LogP) is 1.87. The molecule has 9 heteroatoms. The quantitative estimate of drug-likeness (QED) is 0.829. The Morgan fingerprint density at radius 2 is 2.23 bits per heavy atom. The van der Waals surface area contributed by atoms with Crippen molar-refractivity contribution in [3.63, 3.8) is 0 Å². The molecule has 0 radical (unpaired) electrons. The highest BCUT2D eigenvalue weighted by Crippen LogP contribution is 2.27. The molecule has 2 aromatic rings. The van der Waals surface area contributed by atoms with Gasteiger partial charge in [0, 0.05) is 13.7 Å². The van der Waals surface area contributed by atoms with Crippen LogP contribution in [0.2, 0.25) is 10.0 Å². The van der Waals surface area contributed by atoms with E-state index in [-0.39, 0.29) is 18.5 Å². The van der Waals surface area contributed by atoms with Crippen molar-refractivity contribution in [3.8, 4) is 0 Å². The average molecular weight is 344 g/mol. The topological polar surface area (TPSA) is 81.9 Å². The van der Waals surface area contributed by atoms with Crippen LogP contribution in [0.25, 0.3) is 0 Å². The fraction of sp³-hybridized carbons (Fsp3) is 0.385. The van der Waals surface area contributed by atoms with Gasteiger partial charge in [0.2, 0.25) is 5.91 Å². The summed E-state index contributed by atoms with van der Waals surface area (Å²) in [7, 11) is 1.61. The molecule has 2 rings (SSSR count). The van der Waals surface area contributed by atoms with Crippen LogP contribution in [0.3, 0.4) is 0 Å². The molecule has 118 valence electrons. The summed E-state index contributed by atoms with van der Waals surface area (Å²) in [4.78, 5) is 12.1. The Labute approximate surface area is 137 Å². The van der Waals surface area contributed by atoms with E-state index in [2.05, 4.69) is 20.8 Å². The summed E-state index contributed by atoms with van der Waals surface area (Å²) in [5.74, 6) is -0.209. The Kier molecular flexibility index (Phi) is 6.11. The minimum Gasteiger partial charge on any atom is -0.385 e. The van der Waals surface area contributed by atoms with E-state index in [1.165, 1.54) is 11.0 Å². The van der Waals surface area contributed by atoms with E-state index in [1.807, 2.05) is 6.07 Å². The predicted molar refractivity (Wildman–Crippen MR) is 81.7 cm³/mol. The molecule has 0 aliphatic carbocycles. The monoisotopic (exact) mass is 343 g/mol. The summed E-state index contributed by atoms with van der Waals surface area (Å²) in [5.41, 5.74) is 0.858. The Morgan fingerprint density at radius 3 is 2.86 bits per heavy atom. The molecule has 7 nitrogen and oxygen atoms in total. The van der Waals surface area contributed by atoms with Gasteiger partial charge in [-0.2, -0.15) is 0 Å². The highest BCUT2D eigenvalue weighted by atomic mass is 35.5. The molecule has 0 bridgehead atoms. The fourth-order valence-corrected chi connectivity index (χ4v) is 2.23. The van der Waals surface area contributed by atoms with Crippen LogP contribution in [0.15, 0.2) is 24.5 Å². The van der Waals surface area contributed by atoms with Crippen LogP contribution < -0.4 is 5.32 Å². The summed E-state index contributed by atoms with van der Waals surface area (Å²) in [6, 6.07) is 5.03. The molecule has 1 N–H and O–H groups in total. The molecule has 1 unspecified atom stereocenters. The third-order valence-electron chi connectivity index (χ3n) is 2.99. The Hall–Kier alpha value is -1.70. The van der Waals surface area contributed by atoms with Crippen molar-refractivity contribution in [2.24, 2.45) is 0 Å². The van der Waals surface area contributed by atoms with Gasteiger partial charge in [-0.15, -0.1) is 5.10 Å². The number of nitrogens with zero attached hydrogens (tertiary/aromatic N) is 4. The lowest BCUT2D eigenvalue weighted by molar-refractivity contribution is -0.122. The second-order valence-electron chi connectivity index (χ2n) is 4.58. The molecular formula is C13H15Cl2N5O2. The molecule has 1 heterocycles. The number of carbonyl (C=O) groups excluding carboxylic acids is 1. The summed E-state index contributed by atoms with van der Waals surface area (Å²) >= 11 is 12.0. The van der Waals surface area contributed by atoms with Gasteiger partial charge in [0.15, 0.2) is 0 Å². The van der Waals surface area contributed by atoms with Gasteiger partial charge in [-0.05, 0) is 34.5 Å². The lowest BCUT2D eigenvalue weighted by Gasteiger charge is -2.19. The van der Waals surface area contributed by atoms with Crippen LogP contribution in [-0.4, -0.2) is 39.8 Å². The van der Waals surface area contributed by atoms with Crippen LogP contribution in [-0.2, 0) is 16.1 Å². The van der Waals surface area contributed by atoms with E-state index in [1.54, 1.807) is 19.2 Å². The lowest BCUT2D eigenvalue weighted by atomic mass is 10.0. The van der Waals surface area contributed by atoms with Gasteiger partial charge in [0.05, 0.1) is 16.1 Å². The first kappa shape index (κ1) is 16.7. The maximum absolute atomic E-state index is 12.1. The number of halogens is 2. The lowest BCUT2D eigenvalue weighted by Crippen LogP contribution is -2.32. The molecule has 1 atom stereocenters. The molecule has 0 aliphatic rings. The number of carbonyl (C=O) groups is 1. The average Bonchev–Trinajstić information content (AvgIpc) is 2.99. The zero-order valence-corrected chi connectivity index (χ0v) is 13.4. The van der Waals surface area contributed by atoms with Gasteiger partial charge in [-0.25, -0.2) is 4.68 Å². The van der Waals surface area contributed by atoms with Gasteiger partial charge in [0.1, 0.15) is 12.9 Å². The maximum Gasteiger partial charge on any atom is 0.242 e. The highest BCUT2D eigenvalue weighted by Gasteiger charge is 2.16. The first-order chi connectivity index (χ1) is 10.6. The smallest absolute Gasteiger partial charge is 0.242 e. The number of aromatic nitrogens is 4. The number of tetrazole rings is 1. The number of benzene rings is 1. The molecule has 1 aromatic carbocycles. The van der Waals surface area contributed by atoms with Crippen molar-refractivity contribution in [2.45, 2.75) is 19.0 Å². The van der Waals surface area contributed by atoms with Crippen molar-refractivity contribution in [3.05, 3.63) is 40.1 Å². The molecule has 1 amide bonds. The van der Waals surface area contributed by atoms with Crippen LogP contribution in [0.4, 0.5) is 0 Å². The van der Waals surface area contributed by atoms with E-state index in [0.717, 1.165) is 5.56 Å². The first-order valence-electron chi connectivity index (χ1n) is 6.54. The van der Waals surface area contributed by atoms with E-state index in [0.29, 0.717) is 23.1 Å². The van der Waals surface area contributed by atoms with Gasteiger partial charge >= 0.3 is 0 Å². The number of rotatable bonds is 7. The highest BCUT2D eigenvalue weighted by molar-refractivity contribution is 6.42. The number of methoxy groups -OCH3 is 1. The molecule has 0 fully saturated rings. The normalized spacial score (nSPS) is 12.1. The van der Waals surface area contributed by atoms with Gasteiger partial charge in [-0.1, -0.05) is 29.3 Å². The molecule has 0 spiro atoms. The van der Waals surface area contributed by atoms with Crippen LogP contribution in [0.1, 0.15) is 18.0 Å². The molecule has 1 aromatic heterocycles. The molecule has 22 heavy (non-hydrogen) atoms. The minimum absolute atomic E-state index is 0.0395. The fourth-order valence-electron chi connectivity index (χ4n) is 1.93. The summed E-state index contributed by atoms with van der Waals surface area (Å²) < 4.78 is 6.43. The molecule has 0 saturated heterocycles. The van der Waals surface area contributed by atoms with Crippen molar-refractivity contribution < 1.29 is 9.53 Å². The summed E-state index contributed by atoms with van der Waals surface area (Å²) in [6.45, 7) is 0.536. The number of nitrogens with one attached hydrogen (secondary N) is 1. The Balaban J connectivity index is 2.07. The largest absolute Gasteiger partial charge is 0.385 e. The third kappa shape index (κ3) is 4.66.